The van der Waals surface area contributed by atoms with Gasteiger partial charge in [0.15, 0.2) is 0 Å². The minimum absolute atomic E-state index is 0.160. The van der Waals surface area contributed by atoms with Gasteiger partial charge < -0.3 is 14.5 Å². The van der Waals surface area contributed by atoms with Gasteiger partial charge in [-0.25, -0.2) is 0 Å². The number of methoxy groups -OCH3 is 1. The van der Waals surface area contributed by atoms with Gasteiger partial charge in [-0.2, -0.15) is 0 Å². The molecule has 0 radical (unpaired) electrons. The number of nitrogens with zero attached hydrogens (tertiary/aromatic N) is 2. The molecule has 1 N–H and O–H groups in total. The zero-order valence-electron chi connectivity index (χ0n) is 9.19. The van der Waals surface area contributed by atoms with Crippen LogP contribution in [0.5, 0.6) is 0 Å². The minimum atomic E-state index is 0.160. The Morgan fingerprint density at radius 1 is 1.53 bits per heavy atom. The van der Waals surface area contributed by atoms with E-state index in [1.165, 1.54) is 0 Å². The zero-order valence-corrected chi connectivity index (χ0v) is 9.19. The summed E-state index contributed by atoms with van der Waals surface area (Å²) in [5, 5.41) is 11.4. The molecule has 0 spiro atoms. The van der Waals surface area contributed by atoms with Crippen LogP contribution >= 0.6 is 0 Å². The van der Waals surface area contributed by atoms with Crippen molar-refractivity contribution < 1.29 is 9.15 Å². The maximum absolute atomic E-state index is 5.56. The van der Waals surface area contributed by atoms with Crippen LogP contribution in [-0.4, -0.2) is 30.0 Å². The molecule has 84 valence electrons. The van der Waals surface area contributed by atoms with Gasteiger partial charge in [-0.05, 0) is 12.8 Å². The molecule has 1 fully saturated rings. The Morgan fingerprint density at radius 2 is 2.40 bits per heavy atom. The molecule has 2 heterocycles. The largest absolute Gasteiger partial charge is 0.424 e. The van der Waals surface area contributed by atoms with Crippen LogP contribution in [0.4, 0.5) is 0 Å². The fraction of sp³-hybridized carbons (Fsp3) is 0.800. The van der Waals surface area contributed by atoms with Crippen LogP contribution in [0.25, 0.3) is 0 Å². The molecule has 0 bridgehead atoms. The van der Waals surface area contributed by atoms with Gasteiger partial charge in [0.05, 0.1) is 12.1 Å². The van der Waals surface area contributed by atoms with Crippen LogP contribution in [0.15, 0.2) is 4.42 Å². The van der Waals surface area contributed by atoms with Crippen molar-refractivity contribution in [3.63, 3.8) is 0 Å². The molecule has 1 aliphatic heterocycles. The second-order valence-corrected chi connectivity index (χ2v) is 3.84. The standard InChI is InChI=1S/C10H17N3O2/c1-3-4-9-12-13-10(15-9)8-5-7(14-2)6-11-8/h7-8,11H,3-6H2,1-2H3/t7-,8-/m1/s1. The van der Waals surface area contributed by atoms with E-state index in [0.29, 0.717) is 5.89 Å². The van der Waals surface area contributed by atoms with Crippen molar-refractivity contribution in [1.29, 1.82) is 0 Å². The molecule has 2 atom stereocenters. The molecular formula is C10H17N3O2. The summed E-state index contributed by atoms with van der Waals surface area (Å²) in [6, 6.07) is 0.160. The van der Waals surface area contributed by atoms with Crippen molar-refractivity contribution in [3.8, 4) is 0 Å². The molecule has 1 aromatic rings. The average Bonchev–Trinajstić information content (AvgIpc) is 2.85. The lowest BCUT2D eigenvalue weighted by Crippen LogP contribution is -2.16. The van der Waals surface area contributed by atoms with E-state index < -0.39 is 0 Å². The molecule has 0 aliphatic carbocycles. The van der Waals surface area contributed by atoms with Crippen LogP contribution in [0.1, 0.15) is 37.6 Å². The predicted octanol–water partition coefficient (Wildman–Crippen LogP) is 1.07. The van der Waals surface area contributed by atoms with Crippen molar-refractivity contribution in [3.05, 3.63) is 11.8 Å². The highest BCUT2D eigenvalue weighted by Gasteiger charge is 2.28. The van der Waals surface area contributed by atoms with Gasteiger partial charge in [-0.3, -0.25) is 0 Å². The first kappa shape index (κ1) is 10.6. The summed E-state index contributed by atoms with van der Waals surface area (Å²) >= 11 is 0. The van der Waals surface area contributed by atoms with Gasteiger partial charge in [-0.15, -0.1) is 10.2 Å². The molecular weight excluding hydrogens is 194 g/mol. The van der Waals surface area contributed by atoms with Gasteiger partial charge in [-0.1, -0.05) is 6.92 Å². The van der Waals surface area contributed by atoms with Crippen molar-refractivity contribution in [2.75, 3.05) is 13.7 Å². The topological polar surface area (TPSA) is 60.2 Å². The van der Waals surface area contributed by atoms with Gasteiger partial charge in [0.1, 0.15) is 0 Å². The van der Waals surface area contributed by atoms with Crippen LogP contribution in [-0.2, 0) is 11.2 Å². The molecule has 0 unspecified atom stereocenters. The summed E-state index contributed by atoms with van der Waals surface area (Å²) in [7, 11) is 1.73. The molecule has 1 aliphatic rings. The predicted molar refractivity (Wildman–Crippen MR) is 54.5 cm³/mol. The molecule has 1 saturated heterocycles. The fourth-order valence-corrected chi connectivity index (χ4v) is 1.79. The average molecular weight is 211 g/mol. The number of nitrogens with one attached hydrogen (secondary N) is 1. The van der Waals surface area contributed by atoms with E-state index in [1.807, 2.05) is 0 Å². The Labute approximate surface area is 89.2 Å². The lowest BCUT2D eigenvalue weighted by molar-refractivity contribution is 0.116. The Balaban J connectivity index is 1.97. The van der Waals surface area contributed by atoms with Crippen LogP contribution < -0.4 is 5.32 Å². The summed E-state index contributed by atoms with van der Waals surface area (Å²) in [5.41, 5.74) is 0. The smallest absolute Gasteiger partial charge is 0.233 e. The Kier molecular flexibility index (Phi) is 3.33. The second-order valence-electron chi connectivity index (χ2n) is 3.84. The van der Waals surface area contributed by atoms with Crippen molar-refractivity contribution in [1.82, 2.24) is 15.5 Å². The number of hydrogen-bond donors (Lipinski definition) is 1. The Hall–Kier alpha value is -0.940. The highest BCUT2D eigenvalue weighted by atomic mass is 16.5. The number of aryl methyl sites for hydroxylation is 1. The number of ether oxygens (including phenoxy) is 1. The summed E-state index contributed by atoms with van der Waals surface area (Å²) in [6.07, 6.45) is 3.05. The molecule has 5 nitrogen and oxygen atoms in total. The maximum Gasteiger partial charge on any atom is 0.233 e. The highest BCUT2D eigenvalue weighted by molar-refractivity contribution is 4.96. The summed E-state index contributed by atoms with van der Waals surface area (Å²) in [6.45, 7) is 2.95. The molecule has 5 heteroatoms. The van der Waals surface area contributed by atoms with E-state index >= 15 is 0 Å². The Bertz CT molecular complexity index is 313. The zero-order chi connectivity index (χ0) is 10.7. The third-order valence-corrected chi connectivity index (χ3v) is 2.67. The summed E-state index contributed by atoms with van der Waals surface area (Å²) in [4.78, 5) is 0. The van der Waals surface area contributed by atoms with Crippen LogP contribution in [0, 0.1) is 0 Å². The maximum atomic E-state index is 5.56. The normalized spacial score (nSPS) is 26.0. The lowest BCUT2D eigenvalue weighted by atomic mass is 10.2. The van der Waals surface area contributed by atoms with Crippen molar-refractivity contribution >= 4 is 0 Å². The quantitative estimate of drug-likeness (QED) is 0.807. The fourth-order valence-electron chi connectivity index (χ4n) is 1.79. The van der Waals surface area contributed by atoms with E-state index in [0.717, 1.165) is 31.7 Å². The number of hydrogen-bond acceptors (Lipinski definition) is 5. The Morgan fingerprint density at radius 3 is 3.07 bits per heavy atom. The third kappa shape index (κ3) is 2.35. The molecule has 1 aromatic heterocycles. The molecule has 2 rings (SSSR count). The van der Waals surface area contributed by atoms with Gasteiger partial charge in [0.2, 0.25) is 11.8 Å². The van der Waals surface area contributed by atoms with Gasteiger partial charge in [0, 0.05) is 20.1 Å². The molecule has 0 aromatic carbocycles. The van der Waals surface area contributed by atoms with Crippen LogP contribution in [0.3, 0.4) is 0 Å². The van der Waals surface area contributed by atoms with E-state index in [-0.39, 0.29) is 12.1 Å². The van der Waals surface area contributed by atoms with E-state index in [9.17, 15) is 0 Å². The van der Waals surface area contributed by atoms with E-state index in [2.05, 4.69) is 22.4 Å². The van der Waals surface area contributed by atoms with E-state index in [4.69, 9.17) is 9.15 Å². The van der Waals surface area contributed by atoms with E-state index in [1.54, 1.807) is 7.11 Å². The molecule has 0 amide bonds. The minimum Gasteiger partial charge on any atom is -0.424 e. The number of aromatic nitrogens is 2. The van der Waals surface area contributed by atoms with Gasteiger partial charge >= 0.3 is 0 Å². The molecule has 15 heavy (non-hydrogen) atoms. The van der Waals surface area contributed by atoms with Gasteiger partial charge in [0.25, 0.3) is 0 Å². The first-order valence-corrected chi connectivity index (χ1v) is 5.42. The lowest BCUT2D eigenvalue weighted by Gasteiger charge is -2.04. The summed E-state index contributed by atoms with van der Waals surface area (Å²) in [5.74, 6) is 1.42. The number of rotatable bonds is 4. The monoisotopic (exact) mass is 211 g/mol. The van der Waals surface area contributed by atoms with Crippen molar-refractivity contribution in [2.24, 2.45) is 0 Å². The first-order chi connectivity index (χ1) is 7.33. The van der Waals surface area contributed by atoms with Crippen LogP contribution in [0.2, 0.25) is 0 Å². The third-order valence-electron chi connectivity index (χ3n) is 2.67. The second kappa shape index (κ2) is 4.72. The first-order valence-electron chi connectivity index (χ1n) is 5.42. The molecule has 0 saturated carbocycles. The SMILES string of the molecule is CCCc1nnc([C@H]2C[C@@H](OC)CN2)o1. The van der Waals surface area contributed by atoms with Crippen molar-refractivity contribution in [2.45, 2.75) is 38.3 Å². The summed E-state index contributed by atoms with van der Waals surface area (Å²) < 4.78 is 10.8. The highest BCUT2D eigenvalue weighted by Crippen LogP contribution is 2.23.